The second-order valence-electron chi connectivity index (χ2n) is 5.28. The van der Waals surface area contributed by atoms with Crippen LogP contribution in [0.3, 0.4) is 0 Å². The SMILES string of the molecule is Cc1nnc(NC(=O)CCc2csc(NC(=O)c3ccc(F)cc3)n2)s1. The van der Waals surface area contributed by atoms with Gasteiger partial charge in [0.15, 0.2) is 5.13 Å². The van der Waals surface area contributed by atoms with Gasteiger partial charge >= 0.3 is 0 Å². The lowest BCUT2D eigenvalue weighted by Gasteiger charge is -2.01. The van der Waals surface area contributed by atoms with Crippen LogP contribution in [0.25, 0.3) is 0 Å². The molecule has 2 N–H and O–H groups in total. The molecule has 0 aliphatic carbocycles. The summed E-state index contributed by atoms with van der Waals surface area (Å²) in [6, 6.07) is 5.25. The summed E-state index contributed by atoms with van der Waals surface area (Å²) in [5.74, 6) is -0.943. The normalized spacial score (nSPS) is 10.5. The Morgan fingerprint density at radius 3 is 2.58 bits per heavy atom. The van der Waals surface area contributed by atoms with Crippen molar-refractivity contribution in [3.05, 3.63) is 51.7 Å². The number of amides is 2. The monoisotopic (exact) mass is 391 g/mol. The van der Waals surface area contributed by atoms with Crippen LogP contribution in [0.15, 0.2) is 29.6 Å². The number of hydrogen-bond acceptors (Lipinski definition) is 7. The van der Waals surface area contributed by atoms with Gasteiger partial charge in [-0.1, -0.05) is 11.3 Å². The van der Waals surface area contributed by atoms with Crippen LogP contribution >= 0.6 is 22.7 Å². The van der Waals surface area contributed by atoms with Crippen LogP contribution < -0.4 is 10.6 Å². The van der Waals surface area contributed by atoms with Crippen molar-refractivity contribution >= 4 is 44.8 Å². The molecule has 0 radical (unpaired) electrons. The Kier molecular flexibility index (Phi) is 5.64. The van der Waals surface area contributed by atoms with Gasteiger partial charge in [-0.15, -0.1) is 21.5 Å². The van der Waals surface area contributed by atoms with Crippen molar-refractivity contribution in [1.29, 1.82) is 0 Å². The highest BCUT2D eigenvalue weighted by molar-refractivity contribution is 7.15. The fourth-order valence-electron chi connectivity index (χ4n) is 2.02. The second-order valence-corrected chi connectivity index (χ2v) is 7.32. The lowest BCUT2D eigenvalue weighted by atomic mass is 10.2. The Bertz CT molecular complexity index is 923. The molecular formula is C16H14FN5O2S2. The van der Waals surface area contributed by atoms with E-state index in [4.69, 9.17) is 0 Å². The number of rotatable bonds is 6. The Morgan fingerprint density at radius 1 is 1.12 bits per heavy atom. The minimum atomic E-state index is -0.403. The molecule has 2 aromatic heterocycles. The Balaban J connectivity index is 1.50. The number of carbonyl (C=O) groups excluding carboxylic acids is 2. The lowest BCUT2D eigenvalue weighted by Crippen LogP contribution is -2.13. The number of thiazole rings is 1. The molecule has 1 aromatic carbocycles. The first-order valence-electron chi connectivity index (χ1n) is 7.61. The molecule has 0 unspecified atom stereocenters. The van der Waals surface area contributed by atoms with Gasteiger partial charge in [0.2, 0.25) is 11.0 Å². The highest BCUT2D eigenvalue weighted by Gasteiger charge is 2.11. The number of hydrogen-bond donors (Lipinski definition) is 2. The fraction of sp³-hybridized carbons (Fsp3) is 0.188. The van der Waals surface area contributed by atoms with Crippen molar-refractivity contribution in [2.24, 2.45) is 0 Å². The van der Waals surface area contributed by atoms with Crippen LogP contribution in [-0.4, -0.2) is 27.0 Å². The maximum Gasteiger partial charge on any atom is 0.257 e. The zero-order valence-corrected chi connectivity index (χ0v) is 15.3. The Hall–Kier alpha value is -2.72. The molecule has 0 aliphatic rings. The summed E-state index contributed by atoms with van der Waals surface area (Å²) in [6.07, 6.45) is 0.681. The standard InChI is InChI=1S/C16H14FN5O2S2/c1-9-21-22-16(26-9)19-13(23)7-6-12-8-25-15(18-12)20-14(24)10-2-4-11(17)5-3-10/h2-5,8H,6-7H2,1H3,(H,18,20,24)(H,19,22,23). The van der Waals surface area contributed by atoms with E-state index >= 15 is 0 Å². The van der Waals surface area contributed by atoms with Gasteiger partial charge in [0, 0.05) is 17.4 Å². The third-order valence-corrected chi connectivity index (χ3v) is 4.82. The largest absolute Gasteiger partial charge is 0.301 e. The summed E-state index contributed by atoms with van der Waals surface area (Å²) in [4.78, 5) is 28.2. The van der Waals surface area contributed by atoms with Crippen molar-refractivity contribution < 1.29 is 14.0 Å². The molecule has 0 saturated heterocycles. The Morgan fingerprint density at radius 2 is 1.88 bits per heavy atom. The molecule has 10 heteroatoms. The molecule has 3 aromatic rings. The molecular weight excluding hydrogens is 377 g/mol. The van der Waals surface area contributed by atoms with E-state index in [1.165, 1.54) is 46.9 Å². The van der Waals surface area contributed by atoms with E-state index in [1.807, 2.05) is 6.92 Å². The van der Waals surface area contributed by atoms with Crippen LogP contribution in [0.5, 0.6) is 0 Å². The topological polar surface area (TPSA) is 96.9 Å². The number of benzene rings is 1. The number of halogens is 1. The molecule has 2 heterocycles. The van der Waals surface area contributed by atoms with Crippen molar-refractivity contribution in [2.75, 3.05) is 10.6 Å². The van der Waals surface area contributed by atoms with Gasteiger partial charge in [-0.25, -0.2) is 9.37 Å². The van der Waals surface area contributed by atoms with E-state index in [1.54, 1.807) is 5.38 Å². The summed E-state index contributed by atoms with van der Waals surface area (Å²) >= 11 is 2.57. The first-order chi connectivity index (χ1) is 12.5. The van der Waals surface area contributed by atoms with Crippen LogP contribution in [0.4, 0.5) is 14.7 Å². The van der Waals surface area contributed by atoms with Gasteiger partial charge in [0.05, 0.1) is 5.69 Å². The van der Waals surface area contributed by atoms with Crippen LogP contribution in [0.2, 0.25) is 0 Å². The average Bonchev–Trinajstić information content (AvgIpc) is 3.22. The number of carbonyl (C=O) groups is 2. The van der Waals surface area contributed by atoms with E-state index in [-0.39, 0.29) is 18.2 Å². The summed E-state index contributed by atoms with van der Waals surface area (Å²) < 4.78 is 12.9. The summed E-state index contributed by atoms with van der Waals surface area (Å²) in [5, 5.41) is 16.5. The summed E-state index contributed by atoms with van der Waals surface area (Å²) in [7, 11) is 0. The zero-order valence-electron chi connectivity index (χ0n) is 13.7. The van der Waals surface area contributed by atoms with E-state index in [0.717, 1.165) is 5.01 Å². The smallest absolute Gasteiger partial charge is 0.257 e. The average molecular weight is 391 g/mol. The first-order valence-corrected chi connectivity index (χ1v) is 9.30. The highest BCUT2D eigenvalue weighted by atomic mass is 32.1. The van der Waals surface area contributed by atoms with Crippen LogP contribution in [0.1, 0.15) is 27.5 Å². The molecule has 0 spiro atoms. The molecule has 0 atom stereocenters. The number of anilines is 2. The van der Waals surface area contributed by atoms with Gasteiger partial charge in [-0.05, 0) is 37.6 Å². The van der Waals surface area contributed by atoms with Crippen molar-refractivity contribution in [2.45, 2.75) is 19.8 Å². The molecule has 2 amide bonds. The molecule has 26 heavy (non-hydrogen) atoms. The highest BCUT2D eigenvalue weighted by Crippen LogP contribution is 2.18. The van der Waals surface area contributed by atoms with Gasteiger partial charge in [0.25, 0.3) is 5.91 Å². The number of nitrogens with zero attached hydrogens (tertiary/aromatic N) is 3. The maximum atomic E-state index is 12.9. The summed E-state index contributed by atoms with van der Waals surface area (Å²) in [6.45, 7) is 1.81. The molecule has 134 valence electrons. The quantitative estimate of drug-likeness (QED) is 0.672. The third kappa shape index (κ3) is 4.90. The lowest BCUT2D eigenvalue weighted by molar-refractivity contribution is -0.116. The van der Waals surface area contributed by atoms with Gasteiger partial charge in [-0.2, -0.15) is 0 Å². The zero-order chi connectivity index (χ0) is 18.5. The van der Waals surface area contributed by atoms with Crippen molar-refractivity contribution in [1.82, 2.24) is 15.2 Å². The van der Waals surface area contributed by atoms with Crippen LogP contribution in [-0.2, 0) is 11.2 Å². The van der Waals surface area contributed by atoms with E-state index in [9.17, 15) is 14.0 Å². The molecule has 0 bridgehead atoms. The minimum absolute atomic E-state index is 0.175. The molecule has 0 fully saturated rings. The predicted molar refractivity (Wildman–Crippen MR) is 98.1 cm³/mol. The molecule has 0 aliphatic heterocycles. The summed E-state index contributed by atoms with van der Waals surface area (Å²) in [5.41, 5.74) is 1.04. The van der Waals surface area contributed by atoms with E-state index in [2.05, 4.69) is 25.8 Å². The van der Waals surface area contributed by atoms with Gasteiger partial charge < -0.3 is 5.32 Å². The predicted octanol–water partition coefficient (Wildman–Crippen LogP) is 3.27. The van der Waals surface area contributed by atoms with Gasteiger partial charge in [-0.3, -0.25) is 14.9 Å². The molecule has 7 nitrogen and oxygen atoms in total. The van der Waals surface area contributed by atoms with Gasteiger partial charge in [0.1, 0.15) is 10.8 Å². The van der Waals surface area contributed by atoms with Crippen molar-refractivity contribution in [3.8, 4) is 0 Å². The minimum Gasteiger partial charge on any atom is -0.301 e. The molecule has 3 rings (SSSR count). The van der Waals surface area contributed by atoms with Crippen molar-refractivity contribution in [3.63, 3.8) is 0 Å². The van der Waals surface area contributed by atoms with E-state index < -0.39 is 5.82 Å². The fourth-order valence-corrected chi connectivity index (χ4v) is 3.37. The number of aryl methyl sites for hydroxylation is 2. The maximum absolute atomic E-state index is 12.9. The molecule has 0 saturated carbocycles. The second kappa shape index (κ2) is 8.11. The first kappa shape index (κ1) is 18.1. The third-order valence-electron chi connectivity index (χ3n) is 3.26. The van der Waals surface area contributed by atoms with E-state index in [0.29, 0.717) is 27.9 Å². The van der Waals surface area contributed by atoms with Crippen LogP contribution in [0, 0.1) is 12.7 Å². The number of aromatic nitrogens is 3. The Labute approximate surface area is 156 Å². The number of nitrogens with one attached hydrogen (secondary N) is 2.